The molecule has 0 aromatic heterocycles. The third-order valence-electron chi connectivity index (χ3n) is 2.89. The van der Waals surface area contributed by atoms with Gasteiger partial charge in [-0.1, -0.05) is 17.7 Å². The minimum atomic E-state index is -0.904. The molecule has 4 nitrogen and oxygen atoms in total. The number of aliphatic carboxylic acids is 1. The SMILES string of the molecule is Cc1ccc(OC2CC2)c(C(CN)C(=O)O)c1. The van der Waals surface area contributed by atoms with Crippen LogP contribution in [0.4, 0.5) is 0 Å². The van der Waals surface area contributed by atoms with Gasteiger partial charge in [0.1, 0.15) is 5.75 Å². The van der Waals surface area contributed by atoms with Crippen molar-refractivity contribution in [3.05, 3.63) is 29.3 Å². The minimum Gasteiger partial charge on any atom is -0.490 e. The predicted molar refractivity (Wildman–Crippen MR) is 64.3 cm³/mol. The maximum Gasteiger partial charge on any atom is 0.312 e. The molecule has 2 rings (SSSR count). The van der Waals surface area contributed by atoms with E-state index in [1.807, 2.05) is 25.1 Å². The first-order valence-electron chi connectivity index (χ1n) is 5.82. The first-order chi connectivity index (χ1) is 8.11. The molecular formula is C13H17NO3. The van der Waals surface area contributed by atoms with Crippen LogP contribution in [0, 0.1) is 6.92 Å². The van der Waals surface area contributed by atoms with Crippen LogP contribution in [0.15, 0.2) is 18.2 Å². The zero-order valence-corrected chi connectivity index (χ0v) is 9.85. The van der Waals surface area contributed by atoms with Gasteiger partial charge < -0.3 is 15.6 Å². The van der Waals surface area contributed by atoms with Crippen LogP contribution in [-0.4, -0.2) is 23.7 Å². The molecule has 0 heterocycles. The van der Waals surface area contributed by atoms with Crippen LogP contribution in [0.3, 0.4) is 0 Å². The van der Waals surface area contributed by atoms with Gasteiger partial charge in [-0.3, -0.25) is 4.79 Å². The van der Waals surface area contributed by atoms with Gasteiger partial charge in [-0.2, -0.15) is 0 Å². The van der Waals surface area contributed by atoms with E-state index in [1.54, 1.807) is 0 Å². The second-order valence-corrected chi connectivity index (χ2v) is 4.49. The van der Waals surface area contributed by atoms with Gasteiger partial charge in [-0.15, -0.1) is 0 Å². The number of ether oxygens (including phenoxy) is 1. The van der Waals surface area contributed by atoms with Crippen molar-refractivity contribution in [1.82, 2.24) is 0 Å². The third kappa shape index (κ3) is 2.77. The molecular weight excluding hydrogens is 218 g/mol. The lowest BCUT2D eigenvalue weighted by Crippen LogP contribution is -2.22. The summed E-state index contributed by atoms with van der Waals surface area (Å²) >= 11 is 0. The Morgan fingerprint density at radius 2 is 2.29 bits per heavy atom. The first kappa shape index (κ1) is 11.9. The quantitative estimate of drug-likeness (QED) is 0.814. The maximum absolute atomic E-state index is 11.2. The van der Waals surface area contributed by atoms with E-state index in [2.05, 4.69) is 0 Å². The van der Waals surface area contributed by atoms with Crippen LogP contribution in [0.1, 0.15) is 29.9 Å². The molecule has 3 N–H and O–H groups in total. The molecule has 0 saturated heterocycles. The summed E-state index contributed by atoms with van der Waals surface area (Å²) in [6.45, 7) is 2.01. The van der Waals surface area contributed by atoms with Gasteiger partial charge in [-0.25, -0.2) is 0 Å². The molecule has 0 amide bonds. The Balaban J connectivity index is 2.33. The highest BCUT2D eigenvalue weighted by Gasteiger charge is 2.27. The van der Waals surface area contributed by atoms with Crippen LogP contribution in [0.5, 0.6) is 5.75 Å². The lowest BCUT2D eigenvalue weighted by atomic mass is 9.96. The zero-order valence-electron chi connectivity index (χ0n) is 9.85. The van der Waals surface area contributed by atoms with E-state index < -0.39 is 11.9 Å². The lowest BCUT2D eigenvalue weighted by Gasteiger charge is -2.16. The van der Waals surface area contributed by atoms with E-state index >= 15 is 0 Å². The topological polar surface area (TPSA) is 72.5 Å². The summed E-state index contributed by atoms with van der Waals surface area (Å²) in [4.78, 5) is 11.2. The molecule has 1 aromatic carbocycles. The van der Waals surface area contributed by atoms with E-state index in [1.165, 1.54) is 0 Å². The van der Waals surface area contributed by atoms with E-state index in [0.717, 1.165) is 18.4 Å². The number of rotatable bonds is 5. The average molecular weight is 235 g/mol. The fourth-order valence-electron chi connectivity index (χ4n) is 1.77. The van der Waals surface area contributed by atoms with Crippen LogP contribution in [0.25, 0.3) is 0 Å². The van der Waals surface area contributed by atoms with E-state index in [0.29, 0.717) is 11.3 Å². The third-order valence-corrected chi connectivity index (χ3v) is 2.89. The van der Waals surface area contributed by atoms with Gasteiger partial charge >= 0.3 is 5.97 Å². The van der Waals surface area contributed by atoms with Crippen molar-refractivity contribution in [3.63, 3.8) is 0 Å². The van der Waals surface area contributed by atoms with Crippen LogP contribution in [0.2, 0.25) is 0 Å². The van der Waals surface area contributed by atoms with Crippen molar-refractivity contribution >= 4 is 5.97 Å². The van der Waals surface area contributed by atoms with Crippen LogP contribution < -0.4 is 10.5 Å². The summed E-state index contributed by atoms with van der Waals surface area (Å²) in [5.74, 6) is -0.932. The summed E-state index contributed by atoms with van der Waals surface area (Å²) in [5, 5.41) is 9.16. The lowest BCUT2D eigenvalue weighted by molar-refractivity contribution is -0.138. The zero-order chi connectivity index (χ0) is 12.4. The molecule has 1 aliphatic rings. The Kier molecular flexibility index (Phi) is 3.33. The van der Waals surface area contributed by atoms with E-state index in [9.17, 15) is 4.79 Å². The van der Waals surface area contributed by atoms with Crippen molar-refractivity contribution in [3.8, 4) is 5.75 Å². The minimum absolute atomic E-state index is 0.0831. The van der Waals surface area contributed by atoms with Crippen molar-refractivity contribution in [2.75, 3.05) is 6.54 Å². The largest absolute Gasteiger partial charge is 0.490 e. The van der Waals surface area contributed by atoms with Crippen molar-refractivity contribution < 1.29 is 14.6 Å². The molecule has 1 atom stereocenters. The average Bonchev–Trinajstić information content (AvgIpc) is 3.06. The molecule has 1 aliphatic carbocycles. The second-order valence-electron chi connectivity index (χ2n) is 4.49. The second kappa shape index (κ2) is 4.75. The van der Waals surface area contributed by atoms with E-state index in [-0.39, 0.29) is 12.6 Å². The van der Waals surface area contributed by atoms with Gasteiger partial charge in [0.2, 0.25) is 0 Å². The number of benzene rings is 1. The number of aryl methyl sites for hydroxylation is 1. The molecule has 0 spiro atoms. The maximum atomic E-state index is 11.2. The van der Waals surface area contributed by atoms with E-state index in [4.69, 9.17) is 15.6 Å². The summed E-state index contributed by atoms with van der Waals surface area (Å²) in [6, 6.07) is 5.62. The Bertz CT molecular complexity index is 427. The number of nitrogens with two attached hydrogens (primary N) is 1. The Hall–Kier alpha value is -1.55. The van der Waals surface area contributed by atoms with Gasteiger partial charge in [0.15, 0.2) is 0 Å². The molecule has 0 radical (unpaired) electrons. The van der Waals surface area contributed by atoms with Gasteiger partial charge in [-0.05, 0) is 25.8 Å². The summed E-state index contributed by atoms with van der Waals surface area (Å²) in [5.41, 5.74) is 7.24. The van der Waals surface area contributed by atoms with Crippen LogP contribution >= 0.6 is 0 Å². The van der Waals surface area contributed by atoms with Gasteiger partial charge in [0.25, 0.3) is 0 Å². The molecule has 1 fully saturated rings. The summed E-state index contributed by atoms with van der Waals surface area (Å²) in [6.07, 6.45) is 2.35. The highest BCUT2D eigenvalue weighted by molar-refractivity contribution is 5.77. The highest BCUT2D eigenvalue weighted by Crippen LogP contribution is 2.33. The first-order valence-corrected chi connectivity index (χ1v) is 5.82. The monoisotopic (exact) mass is 235 g/mol. The van der Waals surface area contributed by atoms with Crippen molar-refractivity contribution in [2.45, 2.75) is 31.8 Å². The number of carboxylic acids is 1. The summed E-state index contributed by atoms with van der Waals surface area (Å²) in [7, 11) is 0. The molecule has 1 unspecified atom stereocenters. The fraction of sp³-hybridized carbons (Fsp3) is 0.462. The molecule has 1 saturated carbocycles. The number of carboxylic acid groups (broad SMARTS) is 1. The standard InChI is InChI=1S/C13H17NO3/c1-8-2-5-12(17-9-3-4-9)10(6-8)11(7-14)13(15)16/h2,5-6,9,11H,3-4,7,14H2,1H3,(H,15,16). The fourth-order valence-corrected chi connectivity index (χ4v) is 1.77. The number of hydrogen-bond acceptors (Lipinski definition) is 3. The van der Waals surface area contributed by atoms with Crippen molar-refractivity contribution in [1.29, 1.82) is 0 Å². The molecule has 0 aliphatic heterocycles. The predicted octanol–water partition coefficient (Wildman–Crippen LogP) is 1.66. The Labute approximate surface area is 100 Å². The molecule has 1 aromatic rings. The van der Waals surface area contributed by atoms with Crippen LogP contribution in [-0.2, 0) is 4.79 Å². The normalized spacial score (nSPS) is 16.6. The molecule has 0 bridgehead atoms. The molecule has 4 heteroatoms. The molecule has 92 valence electrons. The van der Waals surface area contributed by atoms with Gasteiger partial charge in [0, 0.05) is 12.1 Å². The number of hydrogen-bond donors (Lipinski definition) is 2. The molecule has 17 heavy (non-hydrogen) atoms. The van der Waals surface area contributed by atoms with Gasteiger partial charge in [0.05, 0.1) is 12.0 Å². The summed E-state index contributed by atoms with van der Waals surface area (Å²) < 4.78 is 5.73. The Morgan fingerprint density at radius 1 is 1.59 bits per heavy atom. The highest BCUT2D eigenvalue weighted by atomic mass is 16.5. The Morgan fingerprint density at radius 3 is 2.82 bits per heavy atom. The number of carbonyl (C=O) groups is 1. The van der Waals surface area contributed by atoms with Crippen molar-refractivity contribution in [2.24, 2.45) is 5.73 Å². The smallest absolute Gasteiger partial charge is 0.312 e.